The van der Waals surface area contributed by atoms with Crippen molar-refractivity contribution in [1.82, 2.24) is 9.38 Å². The second-order valence-corrected chi connectivity index (χ2v) is 4.51. The molecule has 0 aliphatic heterocycles. The molecule has 2 aromatic heterocycles. The largest absolute Gasteiger partial charge is 0.417 e. The number of nitrogens with zero attached hydrogens (tertiary/aromatic N) is 3. The fraction of sp³-hybridized carbons (Fsp3) is 0.0769. The van der Waals surface area contributed by atoms with E-state index in [9.17, 15) is 13.2 Å². The average Bonchev–Trinajstić information content (AvgIpc) is 2.77. The van der Waals surface area contributed by atoms with Gasteiger partial charge in [0.05, 0.1) is 16.6 Å². The van der Waals surface area contributed by atoms with E-state index in [-0.39, 0.29) is 10.8 Å². The number of hydrogen-bond donors (Lipinski definition) is 0. The minimum absolute atomic E-state index is 0.0893. The lowest BCUT2D eigenvalue weighted by Gasteiger charge is -2.10. The molecule has 0 bridgehead atoms. The highest BCUT2D eigenvalue weighted by molar-refractivity contribution is 6.30. The van der Waals surface area contributed by atoms with Crippen LogP contribution in [0.4, 0.5) is 13.2 Å². The minimum Gasteiger partial charge on any atom is -0.282 e. The van der Waals surface area contributed by atoms with Crippen LogP contribution in [0.2, 0.25) is 5.15 Å². The molecular weight excluding hydrogens is 291 g/mol. The summed E-state index contributed by atoms with van der Waals surface area (Å²) in [6, 6.07) is 9.07. The second kappa shape index (κ2) is 4.12. The van der Waals surface area contributed by atoms with Crippen LogP contribution in [0.3, 0.4) is 0 Å². The summed E-state index contributed by atoms with van der Waals surface area (Å²) in [4.78, 5) is 4.08. The summed E-state index contributed by atoms with van der Waals surface area (Å²) in [5, 5.41) is 8.91. The Hall–Kier alpha value is -2.26. The van der Waals surface area contributed by atoms with Crippen LogP contribution >= 0.6 is 11.6 Å². The van der Waals surface area contributed by atoms with Gasteiger partial charge in [-0.15, -0.1) is 0 Å². The third-order valence-electron chi connectivity index (χ3n) is 2.95. The van der Waals surface area contributed by atoms with Crippen molar-refractivity contribution < 1.29 is 13.2 Å². The van der Waals surface area contributed by atoms with Crippen molar-refractivity contribution in [3.05, 3.63) is 46.6 Å². The Morgan fingerprint density at radius 3 is 2.60 bits per heavy atom. The average molecular weight is 296 g/mol. The second-order valence-electron chi connectivity index (χ2n) is 4.12. The van der Waals surface area contributed by atoms with Crippen molar-refractivity contribution in [3.8, 4) is 6.07 Å². The van der Waals surface area contributed by atoms with Crippen molar-refractivity contribution in [1.29, 1.82) is 5.26 Å². The SMILES string of the molecule is N#Cc1c(C(F)(F)F)cc(Cl)n2c1nc1ccccc12. The molecule has 0 unspecified atom stereocenters. The fourth-order valence-corrected chi connectivity index (χ4v) is 2.40. The van der Waals surface area contributed by atoms with Gasteiger partial charge in [-0.25, -0.2) is 4.98 Å². The first-order valence-electron chi connectivity index (χ1n) is 5.50. The van der Waals surface area contributed by atoms with Crippen LogP contribution < -0.4 is 0 Å². The molecular formula is C13H5ClF3N3. The molecule has 0 saturated heterocycles. The molecule has 0 amide bonds. The third-order valence-corrected chi connectivity index (χ3v) is 3.23. The summed E-state index contributed by atoms with van der Waals surface area (Å²) >= 11 is 5.93. The first-order valence-corrected chi connectivity index (χ1v) is 5.88. The van der Waals surface area contributed by atoms with E-state index in [0.29, 0.717) is 11.0 Å². The quantitative estimate of drug-likeness (QED) is 0.588. The van der Waals surface area contributed by atoms with E-state index in [1.54, 1.807) is 30.3 Å². The number of nitriles is 1. The molecule has 1 aromatic carbocycles. The number of rotatable bonds is 0. The van der Waals surface area contributed by atoms with Gasteiger partial charge in [0, 0.05) is 0 Å². The van der Waals surface area contributed by atoms with Gasteiger partial charge in [0.25, 0.3) is 0 Å². The number of fused-ring (bicyclic) bond motifs is 3. The summed E-state index contributed by atoms with van der Waals surface area (Å²) in [5.41, 5.74) is -0.664. The molecule has 0 aliphatic carbocycles. The van der Waals surface area contributed by atoms with Gasteiger partial charge in [-0.2, -0.15) is 18.4 Å². The summed E-state index contributed by atoms with van der Waals surface area (Å²) in [6.45, 7) is 0. The van der Waals surface area contributed by atoms with Crippen LogP contribution in [0.1, 0.15) is 11.1 Å². The molecule has 0 atom stereocenters. The molecule has 0 aliphatic rings. The molecule has 0 N–H and O–H groups in total. The Bertz CT molecular complexity index is 874. The van der Waals surface area contributed by atoms with Crippen LogP contribution in [0.5, 0.6) is 0 Å². The van der Waals surface area contributed by atoms with E-state index in [2.05, 4.69) is 4.98 Å². The van der Waals surface area contributed by atoms with E-state index in [1.807, 2.05) is 0 Å². The first kappa shape index (κ1) is 12.8. The van der Waals surface area contributed by atoms with Gasteiger partial charge in [0.2, 0.25) is 0 Å². The van der Waals surface area contributed by atoms with E-state index < -0.39 is 17.3 Å². The molecule has 0 fully saturated rings. The number of benzene rings is 1. The van der Waals surface area contributed by atoms with Crippen LogP contribution in [-0.4, -0.2) is 9.38 Å². The number of alkyl halides is 3. The lowest BCUT2D eigenvalue weighted by Crippen LogP contribution is -2.10. The highest BCUT2D eigenvalue weighted by atomic mass is 35.5. The smallest absolute Gasteiger partial charge is 0.282 e. The van der Waals surface area contributed by atoms with Crippen molar-refractivity contribution in [2.24, 2.45) is 0 Å². The summed E-state index contributed by atoms with van der Waals surface area (Å²) < 4.78 is 40.2. The van der Waals surface area contributed by atoms with Gasteiger partial charge in [0.1, 0.15) is 16.8 Å². The summed E-state index contributed by atoms with van der Waals surface area (Å²) in [7, 11) is 0. The number of hydrogen-bond acceptors (Lipinski definition) is 2. The van der Waals surface area contributed by atoms with Gasteiger partial charge in [-0.05, 0) is 18.2 Å². The third kappa shape index (κ3) is 1.71. The number of para-hydroxylation sites is 2. The number of aromatic nitrogens is 2. The molecule has 3 aromatic rings. The lowest BCUT2D eigenvalue weighted by atomic mass is 10.1. The van der Waals surface area contributed by atoms with E-state index in [0.717, 1.165) is 6.07 Å². The van der Waals surface area contributed by atoms with Gasteiger partial charge in [-0.1, -0.05) is 23.7 Å². The Labute approximate surface area is 115 Å². The van der Waals surface area contributed by atoms with Crippen LogP contribution in [0.15, 0.2) is 30.3 Å². The number of pyridine rings is 1. The molecule has 0 spiro atoms. The number of halogens is 4. The normalized spacial score (nSPS) is 11.9. The fourth-order valence-electron chi connectivity index (χ4n) is 2.12. The maximum Gasteiger partial charge on any atom is 0.417 e. The van der Waals surface area contributed by atoms with Gasteiger partial charge >= 0.3 is 6.18 Å². The molecule has 0 saturated carbocycles. The van der Waals surface area contributed by atoms with Gasteiger partial charge in [-0.3, -0.25) is 4.40 Å². The molecule has 100 valence electrons. The van der Waals surface area contributed by atoms with Crippen molar-refractivity contribution in [2.45, 2.75) is 6.18 Å². The standard InChI is InChI=1S/C13H5ClF3N3/c14-11-5-8(13(15,16)17)7(6-18)12-19-9-3-1-2-4-10(9)20(11)12/h1-5H. The molecule has 3 nitrogen and oxygen atoms in total. The topological polar surface area (TPSA) is 41.1 Å². The maximum absolute atomic E-state index is 13.0. The highest BCUT2D eigenvalue weighted by Crippen LogP contribution is 2.36. The predicted octanol–water partition coefficient (Wildman–Crippen LogP) is 4.03. The molecule has 7 heteroatoms. The van der Waals surface area contributed by atoms with Crippen molar-refractivity contribution in [3.63, 3.8) is 0 Å². The van der Waals surface area contributed by atoms with E-state index in [1.165, 1.54) is 4.40 Å². The maximum atomic E-state index is 13.0. The molecule has 2 heterocycles. The Morgan fingerprint density at radius 1 is 1.25 bits per heavy atom. The zero-order valence-corrected chi connectivity index (χ0v) is 10.5. The Kier molecular flexibility index (Phi) is 2.63. The van der Waals surface area contributed by atoms with Gasteiger partial charge < -0.3 is 0 Å². The number of imidazole rings is 1. The minimum atomic E-state index is -4.66. The molecule has 20 heavy (non-hydrogen) atoms. The first-order chi connectivity index (χ1) is 9.43. The summed E-state index contributed by atoms with van der Waals surface area (Å²) in [5.74, 6) is 0. The zero-order chi connectivity index (χ0) is 14.5. The van der Waals surface area contributed by atoms with Crippen molar-refractivity contribution in [2.75, 3.05) is 0 Å². The zero-order valence-electron chi connectivity index (χ0n) is 9.74. The van der Waals surface area contributed by atoms with Crippen molar-refractivity contribution >= 4 is 28.3 Å². The Balaban J connectivity index is 2.56. The van der Waals surface area contributed by atoms with Gasteiger partial charge in [0.15, 0.2) is 5.65 Å². The van der Waals surface area contributed by atoms with Crippen LogP contribution in [0.25, 0.3) is 16.7 Å². The predicted molar refractivity (Wildman–Crippen MR) is 67.4 cm³/mol. The van der Waals surface area contributed by atoms with E-state index in [4.69, 9.17) is 16.9 Å². The van der Waals surface area contributed by atoms with Crippen LogP contribution in [0, 0.1) is 11.3 Å². The molecule has 3 rings (SSSR count). The van der Waals surface area contributed by atoms with Crippen LogP contribution in [-0.2, 0) is 6.18 Å². The van der Waals surface area contributed by atoms with E-state index >= 15 is 0 Å². The lowest BCUT2D eigenvalue weighted by molar-refractivity contribution is -0.137. The summed E-state index contributed by atoms with van der Waals surface area (Å²) in [6.07, 6.45) is -4.66. The monoisotopic (exact) mass is 295 g/mol. The Morgan fingerprint density at radius 2 is 1.95 bits per heavy atom. The molecule has 0 radical (unpaired) electrons. The highest BCUT2D eigenvalue weighted by Gasteiger charge is 2.36.